The second kappa shape index (κ2) is 9.56. The van der Waals surface area contributed by atoms with Crippen molar-refractivity contribution in [3.8, 4) is 0 Å². The highest BCUT2D eigenvalue weighted by atomic mass is 32.2. The number of rotatable bonds is 5. The van der Waals surface area contributed by atoms with Crippen molar-refractivity contribution in [2.75, 3.05) is 26.2 Å². The van der Waals surface area contributed by atoms with Crippen LogP contribution in [-0.4, -0.2) is 62.3 Å². The average Bonchev–Trinajstić information content (AvgIpc) is 3.32. The minimum Gasteiger partial charge on any atom is -0.335 e. The van der Waals surface area contributed by atoms with E-state index in [1.54, 1.807) is 17.0 Å². The van der Waals surface area contributed by atoms with Crippen molar-refractivity contribution in [1.82, 2.24) is 14.5 Å². The minimum absolute atomic E-state index is 0.0429. The van der Waals surface area contributed by atoms with E-state index in [0.29, 0.717) is 0 Å². The molecule has 0 aromatic heterocycles. The fourth-order valence-electron chi connectivity index (χ4n) is 4.23. The molecule has 1 aliphatic carbocycles. The molecule has 2 aromatic carbocycles. The number of hydrogen-bond donors (Lipinski definition) is 1. The molecule has 0 bridgehead atoms. The van der Waals surface area contributed by atoms with Crippen molar-refractivity contribution in [1.29, 1.82) is 0 Å². The summed E-state index contributed by atoms with van der Waals surface area (Å²) in [4.78, 5) is 28.6. The van der Waals surface area contributed by atoms with Gasteiger partial charge < -0.3 is 9.80 Å². The number of hydrogen-bond acceptors (Lipinski definition) is 4. The molecule has 1 saturated carbocycles. The van der Waals surface area contributed by atoms with Gasteiger partial charge in [-0.15, -0.1) is 0 Å². The SMILES string of the molecule is O=C(c1cccc(S(=O)(=O)NC2CCCC2)c1)N1CCN(C(=O)c2ccc(F)c(F)c2)CC1. The lowest BCUT2D eigenvalue weighted by Crippen LogP contribution is -2.50. The first-order chi connectivity index (χ1) is 15.7. The van der Waals surface area contributed by atoms with E-state index >= 15 is 0 Å². The molecule has 0 spiro atoms. The number of sulfonamides is 1. The van der Waals surface area contributed by atoms with Gasteiger partial charge in [0.25, 0.3) is 11.8 Å². The summed E-state index contributed by atoms with van der Waals surface area (Å²) < 4.78 is 54.7. The largest absolute Gasteiger partial charge is 0.335 e. The zero-order valence-corrected chi connectivity index (χ0v) is 18.8. The number of piperazine rings is 1. The summed E-state index contributed by atoms with van der Waals surface area (Å²) in [6, 6.07) is 8.87. The molecular weight excluding hydrogens is 452 g/mol. The van der Waals surface area contributed by atoms with E-state index in [2.05, 4.69) is 4.72 Å². The quantitative estimate of drug-likeness (QED) is 0.718. The van der Waals surface area contributed by atoms with E-state index in [1.807, 2.05) is 0 Å². The van der Waals surface area contributed by atoms with Crippen LogP contribution >= 0.6 is 0 Å². The topological polar surface area (TPSA) is 86.8 Å². The van der Waals surface area contributed by atoms with Crippen LogP contribution < -0.4 is 4.72 Å². The Morgan fingerprint density at radius 2 is 1.39 bits per heavy atom. The van der Waals surface area contributed by atoms with Crippen LogP contribution in [0.25, 0.3) is 0 Å². The highest BCUT2D eigenvalue weighted by Gasteiger charge is 2.28. The van der Waals surface area contributed by atoms with Gasteiger partial charge >= 0.3 is 0 Å². The van der Waals surface area contributed by atoms with E-state index in [-0.39, 0.29) is 54.2 Å². The molecule has 0 radical (unpaired) electrons. The Kier molecular flexibility index (Phi) is 6.76. The summed E-state index contributed by atoms with van der Waals surface area (Å²) >= 11 is 0. The number of carbonyl (C=O) groups excluding carboxylic acids is 2. The fourth-order valence-corrected chi connectivity index (χ4v) is 5.58. The minimum atomic E-state index is -3.72. The first-order valence-corrected chi connectivity index (χ1v) is 12.4. The first-order valence-electron chi connectivity index (χ1n) is 10.9. The van der Waals surface area contributed by atoms with Gasteiger partial charge in [-0.3, -0.25) is 9.59 Å². The predicted octanol–water partition coefficient (Wildman–Crippen LogP) is 2.78. The van der Waals surface area contributed by atoms with Crippen LogP contribution in [0.4, 0.5) is 8.78 Å². The van der Waals surface area contributed by atoms with Crippen LogP contribution in [-0.2, 0) is 10.0 Å². The number of nitrogens with one attached hydrogen (secondary N) is 1. The molecule has 4 rings (SSSR count). The molecule has 176 valence electrons. The molecule has 1 aliphatic heterocycles. The summed E-state index contributed by atoms with van der Waals surface area (Å²) in [6.07, 6.45) is 3.61. The lowest BCUT2D eigenvalue weighted by Gasteiger charge is -2.35. The third-order valence-electron chi connectivity index (χ3n) is 6.09. The molecule has 2 amide bonds. The maximum Gasteiger partial charge on any atom is 0.254 e. The average molecular weight is 478 g/mol. The standard InChI is InChI=1S/C23H25F2N3O4S/c24-20-9-8-17(15-21(20)25)23(30)28-12-10-27(11-13-28)22(29)16-4-3-7-19(14-16)33(31,32)26-18-5-1-2-6-18/h3-4,7-9,14-15,18,26H,1-2,5-6,10-13H2. The summed E-state index contributed by atoms with van der Waals surface area (Å²) in [5, 5.41) is 0. The van der Waals surface area contributed by atoms with Crippen molar-refractivity contribution in [2.24, 2.45) is 0 Å². The van der Waals surface area contributed by atoms with E-state index in [1.165, 1.54) is 23.1 Å². The van der Waals surface area contributed by atoms with Crippen molar-refractivity contribution in [3.05, 3.63) is 65.2 Å². The number of nitrogens with zero attached hydrogens (tertiary/aromatic N) is 2. The number of halogens is 2. The van der Waals surface area contributed by atoms with E-state index in [9.17, 15) is 26.8 Å². The lowest BCUT2D eigenvalue weighted by atomic mass is 10.1. The Morgan fingerprint density at radius 3 is 1.97 bits per heavy atom. The molecule has 2 fully saturated rings. The van der Waals surface area contributed by atoms with Gasteiger partial charge in [0.2, 0.25) is 10.0 Å². The maximum absolute atomic E-state index is 13.4. The third-order valence-corrected chi connectivity index (χ3v) is 7.61. The van der Waals surface area contributed by atoms with Gasteiger partial charge in [0.1, 0.15) is 0 Å². The van der Waals surface area contributed by atoms with Gasteiger partial charge in [-0.25, -0.2) is 21.9 Å². The lowest BCUT2D eigenvalue weighted by molar-refractivity contribution is 0.0535. The summed E-state index contributed by atoms with van der Waals surface area (Å²) in [5.41, 5.74) is 0.297. The molecule has 1 N–H and O–H groups in total. The van der Waals surface area contributed by atoms with Crippen LogP contribution in [0.3, 0.4) is 0 Å². The summed E-state index contributed by atoms with van der Waals surface area (Å²) in [7, 11) is -3.72. The van der Waals surface area contributed by atoms with Gasteiger partial charge in [-0.05, 0) is 49.2 Å². The summed E-state index contributed by atoms with van der Waals surface area (Å²) in [5.74, 6) is -2.88. The molecule has 2 aromatic rings. The van der Waals surface area contributed by atoms with Crippen molar-refractivity contribution in [2.45, 2.75) is 36.6 Å². The zero-order chi connectivity index (χ0) is 23.6. The van der Waals surface area contributed by atoms with E-state index < -0.39 is 27.6 Å². The Balaban J connectivity index is 1.40. The molecule has 7 nitrogen and oxygen atoms in total. The molecular formula is C23H25F2N3O4S. The van der Waals surface area contributed by atoms with Crippen LogP contribution in [0.15, 0.2) is 47.4 Å². The third kappa shape index (κ3) is 5.22. The highest BCUT2D eigenvalue weighted by molar-refractivity contribution is 7.89. The van der Waals surface area contributed by atoms with Crippen LogP contribution in [0.1, 0.15) is 46.4 Å². The van der Waals surface area contributed by atoms with E-state index in [4.69, 9.17) is 0 Å². The predicted molar refractivity (Wildman–Crippen MR) is 117 cm³/mol. The molecule has 0 unspecified atom stereocenters. The van der Waals surface area contributed by atoms with E-state index in [0.717, 1.165) is 37.8 Å². The van der Waals surface area contributed by atoms with Crippen molar-refractivity contribution < 1.29 is 26.8 Å². The summed E-state index contributed by atoms with van der Waals surface area (Å²) in [6.45, 7) is 0.937. The van der Waals surface area contributed by atoms with Crippen LogP contribution in [0.2, 0.25) is 0 Å². The Morgan fingerprint density at radius 1 is 0.818 bits per heavy atom. The van der Waals surface area contributed by atoms with Gasteiger partial charge in [0.15, 0.2) is 11.6 Å². The van der Waals surface area contributed by atoms with Crippen LogP contribution in [0, 0.1) is 11.6 Å². The second-order valence-electron chi connectivity index (χ2n) is 8.34. The second-order valence-corrected chi connectivity index (χ2v) is 10.1. The molecule has 33 heavy (non-hydrogen) atoms. The van der Waals surface area contributed by atoms with Gasteiger partial charge in [-0.2, -0.15) is 0 Å². The zero-order valence-electron chi connectivity index (χ0n) is 18.0. The molecule has 2 aliphatic rings. The van der Waals surface area contributed by atoms with Gasteiger partial charge in [0.05, 0.1) is 4.90 Å². The van der Waals surface area contributed by atoms with Crippen molar-refractivity contribution in [3.63, 3.8) is 0 Å². The highest BCUT2D eigenvalue weighted by Crippen LogP contribution is 2.21. The fraction of sp³-hybridized carbons (Fsp3) is 0.391. The van der Waals surface area contributed by atoms with Crippen LogP contribution in [0.5, 0.6) is 0 Å². The Bertz CT molecular complexity index is 1160. The molecule has 1 heterocycles. The molecule has 0 atom stereocenters. The van der Waals surface area contributed by atoms with Crippen molar-refractivity contribution >= 4 is 21.8 Å². The van der Waals surface area contributed by atoms with Gasteiger partial charge in [0, 0.05) is 43.3 Å². The molecule has 10 heteroatoms. The smallest absolute Gasteiger partial charge is 0.254 e. The molecule has 1 saturated heterocycles. The first kappa shape index (κ1) is 23.3. The van der Waals surface area contributed by atoms with Gasteiger partial charge in [-0.1, -0.05) is 18.9 Å². The number of amides is 2. The maximum atomic E-state index is 13.4. The Hall–Kier alpha value is -2.85. The monoisotopic (exact) mass is 477 g/mol. The number of carbonyl (C=O) groups is 2. The number of benzene rings is 2. The normalized spacial score (nSPS) is 17.4. The Labute approximate surface area is 191 Å².